The largest absolute Gasteiger partial charge is 0.506 e. The highest BCUT2D eigenvalue weighted by Crippen LogP contribution is 2.34. The number of carbonyl (C=O) groups is 1. The minimum atomic E-state index is -1.39. The smallest absolute Gasteiger partial charge is 0.347 e. The second-order valence-corrected chi connectivity index (χ2v) is 4.96. The molecule has 2 rings (SSSR count). The van der Waals surface area contributed by atoms with Crippen LogP contribution in [0.4, 0.5) is 0 Å². The molecule has 1 aromatic heterocycles. The summed E-state index contributed by atoms with van der Waals surface area (Å²) in [5.74, 6) is 1.59. The van der Waals surface area contributed by atoms with Crippen molar-refractivity contribution < 1.29 is 19.7 Å². The first-order valence-electron chi connectivity index (χ1n) is 5.78. The maximum absolute atomic E-state index is 11.9. The van der Waals surface area contributed by atoms with Crippen LogP contribution < -0.4 is 0 Å². The molecule has 1 aliphatic heterocycles. The van der Waals surface area contributed by atoms with E-state index in [4.69, 9.17) is 11.2 Å². The molecule has 1 atom stereocenters. The second-order valence-electron chi connectivity index (χ2n) is 3.99. The van der Waals surface area contributed by atoms with E-state index in [2.05, 4.69) is 15.9 Å². The number of ether oxygens (including phenoxy) is 1. The van der Waals surface area contributed by atoms with Crippen molar-refractivity contribution >= 4 is 22.8 Å². The Labute approximate surface area is 119 Å². The van der Waals surface area contributed by atoms with Crippen molar-refractivity contribution in [2.45, 2.75) is 12.5 Å². The summed E-state index contributed by atoms with van der Waals surface area (Å²) in [5, 5.41) is 19.3. The molecule has 2 N–H and O–H groups in total. The summed E-state index contributed by atoms with van der Waals surface area (Å²) in [6.45, 7) is 1.89. The van der Waals surface area contributed by atoms with Gasteiger partial charge in [0.05, 0.1) is 12.8 Å². The molecule has 0 radical (unpaired) electrons. The zero-order valence-corrected chi connectivity index (χ0v) is 11.5. The lowest BCUT2D eigenvalue weighted by Crippen LogP contribution is -2.37. The average molecular weight is 292 g/mol. The Morgan fingerprint density at radius 3 is 3.00 bits per heavy atom. The van der Waals surface area contributed by atoms with E-state index in [0.717, 1.165) is 6.07 Å². The average Bonchev–Trinajstić information content (AvgIpc) is 2.84. The van der Waals surface area contributed by atoms with Crippen LogP contribution in [0.25, 0.3) is 0 Å². The first-order valence-corrected chi connectivity index (χ1v) is 6.77. The zero-order chi connectivity index (χ0) is 14.8. The molecule has 1 aliphatic rings. The molecule has 0 aromatic carbocycles. The molecule has 0 unspecified atom stereocenters. The summed E-state index contributed by atoms with van der Waals surface area (Å²) in [5.41, 5.74) is -1.21. The van der Waals surface area contributed by atoms with Gasteiger partial charge in [0.2, 0.25) is 5.54 Å². The maximum Gasteiger partial charge on any atom is 0.347 e. The van der Waals surface area contributed by atoms with Crippen molar-refractivity contribution in [2.75, 3.05) is 12.4 Å². The molecule has 0 amide bonds. The van der Waals surface area contributed by atoms with Crippen LogP contribution in [0.3, 0.4) is 0 Å². The van der Waals surface area contributed by atoms with Gasteiger partial charge < -0.3 is 14.9 Å². The molecular formula is C13H12N2O4S. The molecule has 0 bridgehead atoms. The molecule has 0 spiro atoms. The Balaban J connectivity index is 2.38. The van der Waals surface area contributed by atoms with E-state index >= 15 is 0 Å². The van der Waals surface area contributed by atoms with Crippen LogP contribution >= 0.6 is 11.8 Å². The van der Waals surface area contributed by atoms with Crippen LogP contribution in [-0.4, -0.2) is 44.1 Å². The summed E-state index contributed by atoms with van der Waals surface area (Å²) < 4.78 is 4.93. The van der Waals surface area contributed by atoms with Gasteiger partial charge in [0.25, 0.3) is 0 Å². The quantitative estimate of drug-likeness (QED) is 0.636. The van der Waals surface area contributed by atoms with Crippen molar-refractivity contribution in [1.82, 2.24) is 4.98 Å². The Kier molecular flexibility index (Phi) is 3.86. The fourth-order valence-electron chi connectivity index (χ4n) is 1.63. The number of carbonyl (C=O) groups excluding carboxylic acids is 1. The maximum atomic E-state index is 11.9. The van der Waals surface area contributed by atoms with E-state index in [0.29, 0.717) is 5.04 Å². The number of esters is 1. The lowest BCUT2D eigenvalue weighted by Gasteiger charge is -2.15. The van der Waals surface area contributed by atoms with Gasteiger partial charge in [-0.1, -0.05) is 5.92 Å². The molecule has 6 nitrogen and oxygen atoms in total. The fraction of sp³-hybridized carbons (Fsp3) is 0.308. The SMILES string of the molecule is C#C[C@]1(C(=O)OCC)CSC(c2ncc(O)cc2O)=N1. The van der Waals surface area contributed by atoms with E-state index in [9.17, 15) is 15.0 Å². The third-order valence-corrected chi connectivity index (χ3v) is 3.74. The van der Waals surface area contributed by atoms with E-state index in [-0.39, 0.29) is 29.6 Å². The topological polar surface area (TPSA) is 92.0 Å². The van der Waals surface area contributed by atoms with E-state index in [1.807, 2.05) is 0 Å². The van der Waals surface area contributed by atoms with Gasteiger partial charge in [0, 0.05) is 11.8 Å². The summed E-state index contributed by atoms with van der Waals surface area (Å²) >= 11 is 1.20. The van der Waals surface area contributed by atoms with Crippen LogP contribution in [0, 0.1) is 12.3 Å². The Bertz CT molecular complexity index is 623. The molecular weight excluding hydrogens is 280 g/mol. The molecule has 0 aliphatic carbocycles. The van der Waals surface area contributed by atoms with Gasteiger partial charge in [0.15, 0.2) is 0 Å². The van der Waals surface area contributed by atoms with Crippen molar-refractivity contribution in [3.05, 3.63) is 18.0 Å². The van der Waals surface area contributed by atoms with E-state index < -0.39 is 11.5 Å². The van der Waals surface area contributed by atoms with Gasteiger partial charge in [0.1, 0.15) is 22.2 Å². The lowest BCUT2D eigenvalue weighted by atomic mass is 10.1. The minimum absolute atomic E-state index is 0.163. The molecule has 20 heavy (non-hydrogen) atoms. The van der Waals surface area contributed by atoms with Gasteiger partial charge in [-0.3, -0.25) is 0 Å². The second kappa shape index (κ2) is 5.43. The monoisotopic (exact) mass is 292 g/mol. The molecule has 0 saturated carbocycles. The van der Waals surface area contributed by atoms with Crippen molar-refractivity contribution in [3.63, 3.8) is 0 Å². The normalized spacial score (nSPS) is 21.1. The van der Waals surface area contributed by atoms with Crippen LogP contribution in [0.2, 0.25) is 0 Å². The number of aromatic hydroxyl groups is 2. The highest BCUT2D eigenvalue weighted by Gasteiger charge is 2.43. The Hall–Kier alpha value is -2.20. The van der Waals surface area contributed by atoms with Crippen LogP contribution in [0.5, 0.6) is 11.5 Å². The van der Waals surface area contributed by atoms with Crippen LogP contribution in [-0.2, 0) is 9.53 Å². The third-order valence-electron chi connectivity index (χ3n) is 2.62. The molecule has 7 heteroatoms. The highest BCUT2D eigenvalue weighted by atomic mass is 32.2. The number of rotatable bonds is 3. The summed E-state index contributed by atoms with van der Waals surface area (Å²) in [7, 11) is 0. The van der Waals surface area contributed by atoms with Crippen LogP contribution in [0.15, 0.2) is 17.3 Å². The number of nitrogens with zero attached hydrogens (tertiary/aromatic N) is 2. The van der Waals surface area contributed by atoms with Crippen molar-refractivity contribution in [1.29, 1.82) is 0 Å². The number of hydrogen-bond acceptors (Lipinski definition) is 7. The Morgan fingerprint density at radius 1 is 1.65 bits per heavy atom. The third kappa shape index (κ3) is 2.42. The first kappa shape index (κ1) is 14.2. The number of terminal acetylenes is 1. The first-order chi connectivity index (χ1) is 9.52. The number of thioether (sulfide) groups is 1. The van der Waals surface area contributed by atoms with Crippen molar-refractivity contribution in [2.24, 2.45) is 4.99 Å². The molecule has 0 fully saturated rings. The number of pyridine rings is 1. The van der Waals surface area contributed by atoms with E-state index in [1.165, 1.54) is 18.0 Å². The molecule has 1 aromatic rings. The van der Waals surface area contributed by atoms with Gasteiger partial charge in [-0.05, 0) is 6.92 Å². The predicted octanol–water partition coefficient (Wildman–Crippen LogP) is 0.921. The van der Waals surface area contributed by atoms with Gasteiger partial charge in [-0.25, -0.2) is 14.8 Å². The van der Waals surface area contributed by atoms with Crippen molar-refractivity contribution in [3.8, 4) is 23.8 Å². The number of aliphatic imine (C=N–C) groups is 1. The summed E-state index contributed by atoms with van der Waals surface area (Å²) in [6, 6.07) is 1.14. The fourth-order valence-corrected chi connectivity index (χ4v) is 2.75. The zero-order valence-electron chi connectivity index (χ0n) is 10.7. The minimum Gasteiger partial charge on any atom is -0.506 e. The number of hydrogen-bond donors (Lipinski definition) is 2. The van der Waals surface area contributed by atoms with E-state index in [1.54, 1.807) is 6.92 Å². The van der Waals surface area contributed by atoms with Gasteiger partial charge in [-0.2, -0.15) is 0 Å². The Morgan fingerprint density at radius 2 is 2.40 bits per heavy atom. The highest BCUT2D eigenvalue weighted by molar-refractivity contribution is 8.14. The summed E-state index contributed by atoms with van der Waals surface area (Å²) in [6.07, 6.45) is 6.59. The summed E-state index contributed by atoms with van der Waals surface area (Å²) in [4.78, 5) is 20.0. The molecule has 104 valence electrons. The standard InChI is InChI=1S/C13H12N2O4S/c1-3-13(12(18)19-4-2)7-20-11(15-13)10-9(17)5-8(16)6-14-10/h1,5-6,16-17H,4,7H2,2H3/t13-/m1/s1. The van der Waals surface area contributed by atoms with Gasteiger partial charge in [-0.15, -0.1) is 18.2 Å². The molecule has 2 heterocycles. The van der Waals surface area contributed by atoms with Gasteiger partial charge >= 0.3 is 5.97 Å². The van der Waals surface area contributed by atoms with Crippen LogP contribution in [0.1, 0.15) is 12.6 Å². The molecule has 0 saturated heterocycles. The number of aromatic nitrogens is 1. The predicted molar refractivity (Wildman–Crippen MR) is 74.8 cm³/mol. The lowest BCUT2D eigenvalue weighted by molar-refractivity contribution is -0.146.